The van der Waals surface area contributed by atoms with Gasteiger partial charge in [0.2, 0.25) is 0 Å². The number of benzene rings is 2. The third-order valence-electron chi connectivity index (χ3n) is 4.25. The summed E-state index contributed by atoms with van der Waals surface area (Å²) >= 11 is 5.68. The number of rotatable bonds is 5. The first-order chi connectivity index (χ1) is 12.4. The summed E-state index contributed by atoms with van der Waals surface area (Å²) < 4.78 is 42.0. The van der Waals surface area contributed by atoms with Gasteiger partial charge in [-0.2, -0.15) is 5.10 Å². The summed E-state index contributed by atoms with van der Waals surface area (Å²) in [5, 5.41) is 7.57. The van der Waals surface area contributed by atoms with Crippen LogP contribution in [-0.4, -0.2) is 9.78 Å². The highest BCUT2D eigenvalue weighted by atomic mass is 35.5. The molecule has 0 saturated heterocycles. The highest BCUT2D eigenvalue weighted by Crippen LogP contribution is 2.23. The van der Waals surface area contributed by atoms with E-state index in [1.54, 1.807) is 12.3 Å². The van der Waals surface area contributed by atoms with Crippen molar-refractivity contribution in [3.8, 4) is 5.69 Å². The maximum atomic E-state index is 14.0. The first-order valence-electron chi connectivity index (χ1n) is 8.04. The van der Waals surface area contributed by atoms with Crippen LogP contribution in [-0.2, 0) is 6.54 Å². The van der Waals surface area contributed by atoms with Gasteiger partial charge in [-0.25, -0.2) is 17.9 Å². The summed E-state index contributed by atoms with van der Waals surface area (Å²) in [6.45, 7) is 4.18. The molecule has 1 unspecified atom stereocenters. The third-order valence-corrected chi connectivity index (χ3v) is 4.56. The van der Waals surface area contributed by atoms with E-state index in [4.69, 9.17) is 11.6 Å². The van der Waals surface area contributed by atoms with Crippen molar-refractivity contribution in [3.05, 3.63) is 81.9 Å². The van der Waals surface area contributed by atoms with Crippen molar-refractivity contribution in [2.75, 3.05) is 0 Å². The van der Waals surface area contributed by atoms with Gasteiger partial charge in [0.1, 0.15) is 17.3 Å². The van der Waals surface area contributed by atoms with Crippen LogP contribution in [0.1, 0.15) is 29.8 Å². The molecule has 3 rings (SSSR count). The lowest BCUT2D eigenvalue weighted by molar-refractivity contribution is 0.563. The van der Waals surface area contributed by atoms with Gasteiger partial charge in [0.05, 0.1) is 11.2 Å². The van der Waals surface area contributed by atoms with E-state index in [2.05, 4.69) is 10.4 Å². The Morgan fingerprint density at radius 3 is 2.58 bits per heavy atom. The van der Waals surface area contributed by atoms with Gasteiger partial charge in [-0.1, -0.05) is 17.7 Å². The smallest absolute Gasteiger partial charge is 0.151 e. The second kappa shape index (κ2) is 7.51. The van der Waals surface area contributed by atoms with E-state index in [0.29, 0.717) is 6.54 Å². The van der Waals surface area contributed by atoms with Crippen molar-refractivity contribution in [2.24, 2.45) is 0 Å². The molecule has 0 radical (unpaired) electrons. The Morgan fingerprint density at radius 1 is 1.12 bits per heavy atom. The molecule has 0 bridgehead atoms. The average molecular weight is 380 g/mol. The van der Waals surface area contributed by atoms with E-state index >= 15 is 0 Å². The lowest BCUT2D eigenvalue weighted by Gasteiger charge is -2.14. The van der Waals surface area contributed by atoms with Crippen molar-refractivity contribution in [2.45, 2.75) is 26.4 Å². The van der Waals surface area contributed by atoms with Gasteiger partial charge >= 0.3 is 0 Å². The van der Waals surface area contributed by atoms with Crippen LogP contribution in [0.25, 0.3) is 5.69 Å². The Morgan fingerprint density at radius 2 is 1.88 bits per heavy atom. The molecule has 3 aromatic rings. The Labute approximate surface area is 154 Å². The maximum absolute atomic E-state index is 14.0. The minimum atomic E-state index is -0.681. The number of nitrogens with zero attached hydrogens (tertiary/aromatic N) is 2. The van der Waals surface area contributed by atoms with E-state index < -0.39 is 17.5 Å². The third kappa shape index (κ3) is 3.76. The zero-order chi connectivity index (χ0) is 18.8. The summed E-state index contributed by atoms with van der Waals surface area (Å²) in [6.07, 6.45) is 1.64. The van der Waals surface area contributed by atoms with E-state index in [1.807, 2.05) is 13.8 Å². The first kappa shape index (κ1) is 18.5. The van der Waals surface area contributed by atoms with Crippen molar-refractivity contribution >= 4 is 11.6 Å². The molecule has 0 amide bonds. The molecule has 0 saturated carbocycles. The second-order valence-electron chi connectivity index (χ2n) is 6.04. The molecule has 1 aromatic heterocycles. The molecular weight excluding hydrogens is 363 g/mol. The highest BCUT2D eigenvalue weighted by Gasteiger charge is 2.16. The zero-order valence-corrected chi connectivity index (χ0v) is 15.0. The lowest BCUT2D eigenvalue weighted by Crippen LogP contribution is -2.18. The summed E-state index contributed by atoms with van der Waals surface area (Å²) in [4.78, 5) is 0. The number of nitrogens with one attached hydrogen (secondary N) is 1. The van der Waals surface area contributed by atoms with Crippen molar-refractivity contribution in [1.29, 1.82) is 0 Å². The molecule has 1 N–H and O–H groups in total. The van der Waals surface area contributed by atoms with Gasteiger partial charge in [-0.05, 0) is 43.7 Å². The Bertz CT molecular complexity index is 940. The second-order valence-corrected chi connectivity index (χ2v) is 6.45. The molecule has 0 fully saturated rings. The number of aromatic nitrogens is 2. The van der Waals surface area contributed by atoms with Crippen LogP contribution in [0, 0.1) is 24.4 Å². The van der Waals surface area contributed by atoms with E-state index in [1.165, 1.54) is 28.9 Å². The van der Waals surface area contributed by atoms with Crippen LogP contribution in [0.4, 0.5) is 13.2 Å². The Hall–Kier alpha value is -2.31. The SMILES string of the molecule is Cc1c(C(C)NCc2ccc(Cl)c(F)c2)cnn1-c1ccc(F)cc1F. The molecule has 26 heavy (non-hydrogen) atoms. The monoisotopic (exact) mass is 379 g/mol. The van der Waals surface area contributed by atoms with Crippen molar-refractivity contribution in [1.82, 2.24) is 15.1 Å². The van der Waals surface area contributed by atoms with Gasteiger partial charge in [-0.15, -0.1) is 0 Å². The van der Waals surface area contributed by atoms with Crippen LogP contribution in [0.2, 0.25) is 5.02 Å². The minimum Gasteiger partial charge on any atom is -0.306 e. The van der Waals surface area contributed by atoms with Gasteiger partial charge in [0.25, 0.3) is 0 Å². The number of halogens is 4. The van der Waals surface area contributed by atoms with Gasteiger partial charge in [-0.3, -0.25) is 0 Å². The van der Waals surface area contributed by atoms with Crippen molar-refractivity contribution < 1.29 is 13.2 Å². The normalized spacial score (nSPS) is 12.4. The van der Waals surface area contributed by atoms with Crippen LogP contribution in [0.3, 0.4) is 0 Å². The molecule has 7 heteroatoms. The molecule has 1 atom stereocenters. The fourth-order valence-electron chi connectivity index (χ4n) is 2.77. The fourth-order valence-corrected chi connectivity index (χ4v) is 2.89. The Kier molecular flexibility index (Phi) is 5.34. The number of hydrogen-bond donors (Lipinski definition) is 1. The molecule has 2 aromatic carbocycles. The van der Waals surface area contributed by atoms with Crippen LogP contribution >= 0.6 is 11.6 Å². The molecule has 136 valence electrons. The van der Waals surface area contributed by atoms with Gasteiger partial charge in [0.15, 0.2) is 5.82 Å². The molecule has 3 nitrogen and oxygen atoms in total. The predicted octanol–water partition coefficient (Wildman–Crippen LogP) is 5.10. The molecular formula is C19H17ClF3N3. The van der Waals surface area contributed by atoms with Crippen LogP contribution < -0.4 is 5.32 Å². The Balaban J connectivity index is 1.77. The van der Waals surface area contributed by atoms with E-state index in [-0.39, 0.29) is 16.8 Å². The highest BCUT2D eigenvalue weighted by molar-refractivity contribution is 6.30. The average Bonchev–Trinajstić information content (AvgIpc) is 2.97. The van der Waals surface area contributed by atoms with E-state index in [0.717, 1.165) is 22.9 Å². The summed E-state index contributed by atoms with van der Waals surface area (Å²) in [7, 11) is 0. The molecule has 0 aliphatic heterocycles. The lowest BCUT2D eigenvalue weighted by atomic mass is 10.1. The van der Waals surface area contributed by atoms with Gasteiger partial charge in [0, 0.05) is 29.9 Å². The maximum Gasteiger partial charge on any atom is 0.151 e. The van der Waals surface area contributed by atoms with Crippen molar-refractivity contribution in [3.63, 3.8) is 0 Å². The topological polar surface area (TPSA) is 29.9 Å². The molecule has 0 aliphatic rings. The van der Waals surface area contributed by atoms with Gasteiger partial charge < -0.3 is 5.32 Å². The molecule has 0 spiro atoms. The molecule has 1 heterocycles. The largest absolute Gasteiger partial charge is 0.306 e. The summed E-state index contributed by atoms with van der Waals surface area (Å²) in [5.74, 6) is -1.78. The standard InChI is InChI=1S/C19H17ClF3N3/c1-11(24-9-13-3-5-16(20)17(22)7-13)15-10-25-26(12(15)2)19-6-4-14(21)8-18(19)23/h3-8,10-11,24H,9H2,1-2H3. The number of hydrogen-bond acceptors (Lipinski definition) is 2. The quantitative estimate of drug-likeness (QED) is 0.668. The molecule has 0 aliphatic carbocycles. The summed E-state index contributed by atoms with van der Waals surface area (Å²) in [5.41, 5.74) is 2.54. The van der Waals surface area contributed by atoms with Crippen LogP contribution in [0.15, 0.2) is 42.6 Å². The fraction of sp³-hybridized carbons (Fsp3) is 0.211. The minimum absolute atomic E-state index is 0.0836. The first-order valence-corrected chi connectivity index (χ1v) is 8.42. The zero-order valence-electron chi connectivity index (χ0n) is 14.2. The predicted molar refractivity (Wildman–Crippen MR) is 94.9 cm³/mol. The van der Waals surface area contributed by atoms with Crippen LogP contribution in [0.5, 0.6) is 0 Å². The van der Waals surface area contributed by atoms with E-state index in [9.17, 15) is 13.2 Å². The summed E-state index contributed by atoms with van der Waals surface area (Å²) in [6, 6.07) is 7.90.